The third-order valence-corrected chi connectivity index (χ3v) is 4.23. The molecule has 1 atom stereocenters. The summed E-state index contributed by atoms with van der Waals surface area (Å²) in [5.74, 6) is -0.432. The highest BCUT2D eigenvalue weighted by Gasteiger charge is 2.28. The Bertz CT molecular complexity index is 325. The van der Waals surface area contributed by atoms with Gasteiger partial charge in [-0.3, -0.25) is 9.59 Å². The number of piperidine rings is 1. The Morgan fingerprint density at radius 3 is 2.63 bits per heavy atom. The minimum atomic E-state index is -0.776. The summed E-state index contributed by atoms with van der Waals surface area (Å²) >= 11 is 0. The van der Waals surface area contributed by atoms with E-state index in [9.17, 15) is 9.59 Å². The van der Waals surface area contributed by atoms with Gasteiger partial charge in [-0.2, -0.15) is 0 Å². The SMILES string of the molecule is O=C(O)[C@H]1CCCN(C(=O)CCC2CCOCC2)C1. The monoisotopic (exact) mass is 269 g/mol. The fraction of sp³-hybridized carbons (Fsp3) is 0.857. The van der Waals surface area contributed by atoms with Crippen molar-refractivity contribution in [1.29, 1.82) is 0 Å². The molecule has 108 valence electrons. The zero-order chi connectivity index (χ0) is 13.7. The fourth-order valence-corrected chi connectivity index (χ4v) is 2.93. The highest BCUT2D eigenvalue weighted by Crippen LogP contribution is 2.22. The Balaban J connectivity index is 1.74. The lowest BCUT2D eigenvalue weighted by Crippen LogP contribution is -2.42. The van der Waals surface area contributed by atoms with Crippen molar-refractivity contribution >= 4 is 11.9 Å². The topological polar surface area (TPSA) is 66.8 Å². The molecule has 5 nitrogen and oxygen atoms in total. The molecule has 0 bridgehead atoms. The van der Waals surface area contributed by atoms with E-state index >= 15 is 0 Å². The predicted octanol–water partition coefficient (Wildman–Crippen LogP) is 1.52. The molecule has 0 radical (unpaired) electrons. The maximum atomic E-state index is 12.1. The zero-order valence-electron chi connectivity index (χ0n) is 11.3. The minimum Gasteiger partial charge on any atom is -0.481 e. The van der Waals surface area contributed by atoms with Crippen molar-refractivity contribution < 1.29 is 19.4 Å². The molecular weight excluding hydrogens is 246 g/mol. The van der Waals surface area contributed by atoms with Gasteiger partial charge in [0.05, 0.1) is 5.92 Å². The van der Waals surface area contributed by atoms with Gasteiger partial charge in [-0.05, 0) is 38.0 Å². The second-order valence-corrected chi connectivity index (χ2v) is 5.61. The quantitative estimate of drug-likeness (QED) is 0.840. The Morgan fingerprint density at radius 1 is 1.21 bits per heavy atom. The van der Waals surface area contributed by atoms with Gasteiger partial charge in [0.2, 0.25) is 5.91 Å². The van der Waals surface area contributed by atoms with Crippen LogP contribution in [0.15, 0.2) is 0 Å². The van der Waals surface area contributed by atoms with Crippen molar-refractivity contribution in [3.63, 3.8) is 0 Å². The first kappa shape index (κ1) is 14.3. The number of carbonyl (C=O) groups is 2. The molecule has 0 unspecified atom stereocenters. The first-order valence-corrected chi connectivity index (χ1v) is 7.25. The van der Waals surface area contributed by atoms with Gasteiger partial charge in [0.15, 0.2) is 0 Å². The molecule has 19 heavy (non-hydrogen) atoms. The normalized spacial score (nSPS) is 25.3. The van der Waals surface area contributed by atoms with Crippen LogP contribution >= 0.6 is 0 Å². The maximum absolute atomic E-state index is 12.1. The van der Waals surface area contributed by atoms with E-state index in [4.69, 9.17) is 9.84 Å². The standard InChI is InChI=1S/C14H23NO4/c16-13(4-3-11-5-8-19-9-6-11)15-7-1-2-12(10-15)14(17)18/h11-12H,1-10H2,(H,17,18)/t12-/m0/s1. The molecule has 0 saturated carbocycles. The number of nitrogens with zero attached hydrogens (tertiary/aromatic N) is 1. The highest BCUT2D eigenvalue weighted by atomic mass is 16.5. The molecule has 2 aliphatic rings. The number of amides is 1. The van der Waals surface area contributed by atoms with Gasteiger partial charge in [-0.15, -0.1) is 0 Å². The summed E-state index contributed by atoms with van der Waals surface area (Å²) in [6.45, 7) is 2.73. The molecule has 1 amide bonds. The van der Waals surface area contributed by atoms with Crippen LogP contribution in [0.3, 0.4) is 0 Å². The van der Waals surface area contributed by atoms with Gasteiger partial charge in [-0.25, -0.2) is 0 Å². The summed E-state index contributed by atoms with van der Waals surface area (Å²) in [7, 11) is 0. The van der Waals surface area contributed by atoms with Crippen LogP contribution in [0, 0.1) is 11.8 Å². The number of aliphatic carboxylic acids is 1. The Morgan fingerprint density at radius 2 is 1.95 bits per heavy atom. The molecule has 2 heterocycles. The summed E-state index contributed by atoms with van der Waals surface area (Å²) in [4.78, 5) is 24.8. The largest absolute Gasteiger partial charge is 0.481 e. The van der Waals surface area contributed by atoms with Gasteiger partial charge in [-0.1, -0.05) is 0 Å². The van der Waals surface area contributed by atoms with Crippen LogP contribution in [-0.2, 0) is 14.3 Å². The Labute approximate surface area is 113 Å². The molecule has 2 fully saturated rings. The number of likely N-dealkylation sites (tertiary alicyclic amines) is 1. The summed E-state index contributed by atoms with van der Waals surface area (Å²) in [6, 6.07) is 0. The number of hydrogen-bond donors (Lipinski definition) is 1. The van der Waals surface area contributed by atoms with E-state index in [0.717, 1.165) is 45.4 Å². The van der Waals surface area contributed by atoms with Crippen LogP contribution < -0.4 is 0 Å². The summed E-state index contributed by atoms with van der Waals surface area (Å²) in [5, 5.41) is 9.02. The molecule has 1 N–H and O–H groups in total. The van der Waals surface area contributed by atoms with Gasteiger partial charge in [0, 0.05) is 32.7 Å². The average Bonchev–Trinajstić information content (AvgIpc) is 2.46. The molecule has 0 aromatic heterocycles. The van der Waals surface area contributed by atoms with E-state index < -0.39 is 5.97 Å². The van der Waals surface area contributed by atoms with E-state index in [0.29, 0.717) is 25.3 Å². The average molecular weight is 269 g/mol. The first-order chi connectivity index (χ1) is 9.16. The van der Waals surface area contributed by atoms with Crippen LogP contribution in [0.4, 0.5) is 0 Å². The van der Waals surface area contributed by atoms with Gasteiger partial charge in [0.25, 0.3) is 0 Å². The highest BCUT2D eigenvalue weighted by molar-refractivity contribution is 5.78. The van der Waals surface area contributed by atoms with E-state index in [1.54, 1.807) is 4.90 Å². The van der Waals surface area contributed by atoms with Gasteiger partial charge in [0.1, 0.15) is 0 Å². The van der Waals surface area contributed by atoms with Gasteiger partial charge >= 0.3 is 5.97 Å². The van der Waals surface area contributed by atoms with Crippen molar-refractivity contribution in [2.75, 3.05) is 26.3 Å². The maximum Gasteiger partial charge on any atom is 0.308 e. The van der Waals surface area contributed by atoms with Crippen LogP contribution in [0.2, 0.25) is 0 Å². The second kappa shape index (κ2) is 6.89. The molecule has 0 aromatic carbocycles. The fourth-order valence-electron chi connectivity index (χ4n) is 2.93. The molecule has 0 spiro atoms. The van der Waals surface area contributed by atoms with Crippen molar-refractivity contribution in [1.82, 2.24) is 4.90 Å². The van der Waals surface area contributed by atoms with Crippen LogP contribution in [0.1, 0.15) is 38.5 Å². The third kappa shape index (κ3) is 4.20. The smallest absolute Gasteiger partial charge is 0.308 e. The number of rotatable bonds is 4. The minimum absolute atomic E-state index is 0.123. The number of hydrogen-bond acceptors (Lipinski definition) is 3. The van der Waals surface area contributed by atoms with Crippen molar-refractivity contribution in [2.45, 2.75) is 38.5 Å². The van der Waals surface area contributed by atoms with Crippen molar-refractivity contribution in [2.24, 2.45) is 11.8 Å². The number of carboxylic acids is 1. The summed E-state index contributed by atoms with van der Waals surface area (Å²) in [6.07, 6.45) is 5.06. The lowest BCUT2D eigenvalue weighted by atomic mass is 9.93. The van der Waals surface area contributed by atoms with Crippen LogP contribution in [0.25, 0.3) is 0 Å². The van der Waals surface area contributed by atoms with Crippen molar-refractivity contribution in [3.8, 4) is 0 Å². The third-order valence-electron chi connectivity index (χ3n) is 4.23. The molecule has 2 saturated heterocycles. The molecule has 2 rings (SSSR count). The van der Waals surface area contributed by atoms with E-state index in [2.05, 4.69) is 0 Å². The van der Waals surface area contributed by atoms with Crippen LogP contribution in [-0.4, -0.2) is 48.2 Å². The summed E-state index contributed by atoms with van der Waals surface area (Å²) in [5.41, 5.74) is 0. The molecular formula is C14H23NO4. The molecule has 0 aliphatic carbocycles. The van der Waals surface area contributed by atoms with E-state index in [1.807, 2.05) is 0 Å². The van der Waals surface area contributed by atoms with Crippen molar-refractivity contribution in [3.05, 3.63) is 0 Å². The summed E-state index contributed by atoms with van der Waals surface area (Å²) < 4.78 is 5.30. The van der Waals surface area contributed by atoms with E-state index in [1.165, 1.54) is 0 Å². The molecule has 0 aromatic rings. The lowest BCUT2D eigenvalue weighted by molar-refractivity contribution is -0.145. The Hall–Kier alpha value is -1.10. The number of carboxylic acid groups (broad SMARTS) is 1. The van der Waals surface area contributed by atoms with Crippen LogP contribution in [0.5, 0.6) is 0 Å². The predicted molar refractivity (Wildman–Crippen MR) is 69.7 cm³/mol. The van der Waals surface area contributed by atoms with Gasteiger partial charge < -0.3 is 14.7 Å². The number of ether oxygens (including phenoxy) is 1. The molecule has 2 aliphatic heterocycles. The molecule has 5 heteroatoms. The first-order valence-electron chi connectivity index (χ1n) is 7.25. The Kier molecular flexibility index (Phi) is 5.19. The zero-order valence-corrected chi connectivity index (χ0v) is 11.3. The van der Waals surface area contributed by atoms with E-state index in [-0.39, 0.29) is 11.8 Å². The second-order valence-electron chi connectivity index (χ2n) is 5.61. The lowest BCUT2D eigenvalue weighted by Gasteiger charge is -2.31. The number of carbonyl (C=O) groups excluding carboxylic acids is 1.